The molecule has 0 amide bonds. The van der Waals surface area contributed by atoms with Gasteiger partial charge in [0.25, 0.3) is 0 Å². The number of thiophene rings is 2. The van der Waals surface area contributed by atoms with Crippen LogP contribution in [0.4, 0.5) is 5.88 Å². The van der Waals surface area contributed by atoms with Gasteiger partial charge in [-0.05, 0) is 23.6 Å². The van der Waals surface area contributed by atoms with Gasteiger partial charge in [0.1, 0.15) is 5.69 Å². The van der Waals surface area contributed by atoms with Crippen molar-refractivity contribution in [2.45, 2.75) is 0 Å². The molecule has 0 atom stereocenters. The van der Waals surface area contributed by atoms with E-state index in [-0.39, 0.29) is 0 Å². The lowest BCUT2D eigenvalue weighted by molar-refractivity contribution is 0.439. The van der Waals surface area contributed by atoms with Crippen LogP contribution in [-0.4, -0.2) is 5.16 Å². The Kier molecular flexibility index (Phi) is 3.10. The van der Waals surface area contributed by atoms with E-state index < -0.39 is 0 Å². The van der Waals surface area contributed by atoms with E-state index in [2.05, 4.69) is 38.6 Å². The third-order valence-electron chi connectivity index (χ3n) is 3.23. The Morgan fingerprint density at radius 1 is 1.14 bits per heavy atom. The molecule has 3 nitrogen and oxygen atoms in total. The lowest BCUT2D eigenvalue weighted by atomic mass is 10.1. The quantitative estimate of drug-likeness (QED) is 0.493. The molecule has 21 heavy (non-hydrogen) atoms. The number of hydrogen-bond acceptors (Lipinski definition) is 5. The van der Waals surface area contributed by atoms with Gasteiger partial charge in [-0.25, -0.2) is 0 Å². The number of fused-ring (bicyclic) bond motifs is 1. The summed E-state index contributed by atoms with van der Waals surface area (Å²) >= 11 is 6.99. The Bertz CT molecular complexity index is 910. The van der Waals surface area contributed by atoms with E-state index in [1.165, 1.54) is 9.40 Å². The van der Waals surface area contributed by atoms with Crippen molar-refractivity contribution in [1.82, 2.24) is 5.16 Å². The van der Waals surface area contributed by atoms with Crippen LogP contribution >= 0.6 is 38.6 Å². The van der Waals surface area contributed by atoms with Crippen molar-refractivity contribution in [2.75, 3.05) is 5.73 Å². The Hall–Kier alpha value is -1.63. The molecular weight excluding hydrogens is 368 g/mol. The van der Waals surface area contributed by atoms with Crippen molar-refractivity contribution in [3.8, 4) is 21.7 Å². The van der Waals surface area contributed by atoms with Gasteiger partial charge in [-0.1, -0.05) is 39.3 Å². The van der Waals surface area contributed by atoms with Gasteiger partial charge in [-0.15, -0.1) is 22.7 Å². The van der Waals surface area contributed by atoms with Gasteiger partial charge in [0.2, 0.25) is 5.88 Å². The van der Waals surface area contributed by atoms with E-state index in [1.807, 2.05) is 24.3 Å². The molecule has 0 bridgehead atoms. The van der Waals surface area contributed by atoms with Crippen molar-refractivity contribution < 1.29 is 4.52 Å². The largest absolute Gasteiger partial charge is 0.367 e. The molecule has 4 aromatic rings. The average molecular weight is 377 g/mol. The minimum Gasteiger partial charge on any atom is -0.367 e. The molecule has 0 unspecified atom stereocenters. The van der Waals surface area contributed by atoms with Gasteiger partial charge < -0.3 is 10.3 Å². The van der Waals surface area contributed by atoms with Gasteiger partial charge in [0.05, 0.1) is 10.4 Å². The molecule has 0 aliphatic carbocycles. The molecule has 104 valence electrons. The van der Waals surface area contributed by atoms with Crippen LogP contribution in [0.25, 0.3) is 31.1 Å². The zero-order chi connectivity index (χ0) is 14.4. The molecule has 1 aromatic carbocycles. The standard InChI is InChI=1S/C15H9BrN2OS2/c16-9-4-2-1-3-8(9)13-14(18-19-15(13)17)12-7-11-10(21-12)5-6-20-11/h1-7H,17H2. The Labute approximate surface area is 137 Å². The smallest absolute Gasteiger partial charge is 0.230 e. The fourth-order valence-corrected chi connectivity index (χ4v) is 4.86. The fraction of sp³-hybridized carbons (Fsp3) is 0. The minimum absolute atomic E-state index is 0.341. The van der Waals surface area contributed by atoms with Crippen LogP contribution in [0.3, 0.4) is 0 Å². The maximum atomic E-state index is 6.01. The van der Waals surface area contributed by atoms with Crippen molar-refractivity contribution >= 4 is 53.9 Å². The lowest BCUT2D eigenvalue weighted by Gasteiger charge is -2.03. The summed E-state index contributed by atoms with van der Waals surface area (Å²) in [6.07, 6.45) is 0. The molecule has 3 aromatic heterocycles. The SMILES string of the molecule is Nc1onc(-c2cc3sccc3s2)c1-c1ccccc1Br. The van der Waals surface area contributed by atoms with Crippen LogP contribution in [0.5, 0.6) is 0 Å². The number of rotatable bonds is 2. The summed E-state index contributed by atoms with van der Waals surface area (Å²) in [5, 5.41) is 6.27. The van der Waals surface area contributed by atoms with E-state index >= 15 is 0 Å². The highest BCUT2D eigenvalue weighted by Crippen LogP contribution is 2.43. The van der Waals surface area contributed by atoms with Gasteiger partial charge in [0.15, 0.2) is 0 Å². The molecule has 0 saturated heterocycles. The second kappa shape index (κ2) is 4.98. The first-order chi connectivity index (χ1) is 10.2. The van der Waals surface area contributed by atoms with E-state index in [0.717, 1.165) is 26.2 Å². The van der Waals surface area contributed by atoms with Crippen LogP contribution in [0.1, 0.15) is 0 Å². The molecule has 0 saturated carbocycles. The van der Waals surface area contributed by atoms with Gasteiger partial charge in [-0.2, -0.15) is 0 Å². The van der Waals surface area contributed by atoms with Gasteiger partial charge in [0, 0.05) is 19.4 Å². The molecular formula is C15H9BrN2OS2. The maximum absolute atomic E-state index is 6.01. The summed E-state index contributed by atoms with van der Waals surface area (Å²) in [6, 6.07) is 12.2. The van der Waals surface area contributed by atoms with Crippen molar-refractivity contribution in [3.63, 3.8) is 0 Å². The number of anilines is 1. The lowest BCUT2D eigenvalue weighted by Crippen LogP contribution is -1.87. The van der Waals surface area contributed by atoms with E-state index in [1.54, 1.807) is 22.7 Å². The first kappa shape index (κ1) is 13.1. The Morgan fingerprint density at radius 2 is 2.00 bits per heavy atom. The number of hydrogen-bond donors (Lipinski definition) is 1. The maximum Gasteiger partial charge on any atom is 0.230 e. The van der Waals surface area contributed by atoms with Gasteiger partial charge in [-0.3, -0.25) is 0 Å². The zero-order valence-electron chi connectivity index (χ0n) is 10.7. The summed E-state index contributed by atoms with van der Waals surface area (Å²) < 4.78 is 8.74. The van der Waals surface area contributed by atoms with E-state index in [0.29, 0.717) is 5.88 Å². The number of aromatic nitrogens is 1. The highest BCUT2D eigenvalue weighted by molar-refractivity contribution is 9.10. The molecule has 4 rings (SSSR count). The number of nitrogens with zero attached hydrogens (tertiary/aromatic N) is 1. The molecule has 0 fully saturated rings. The second-order valence-electron chi connectivity index (χ2n) is 4.51. The molecule has 0 aliphatic rings. The minimum atomic E-state index is 0.341. The van der Waals surface area contributed by atoms with Crippen LogP contribution in [0.2, 0.25) is 0 Å². The fourth-order valence-electron chi connectivity index (χ4n) is 2.28. The first-order valence-electron chi connectivity index (χ1n) is 6.21. The second-order valence-corrected chi connectivity index (χ2v) is 7.40. The molecule has 0 aliphatic heterocycles. The summed E-state index contributed by atoms with van der Waals surface area (Å²) in [7, 11) is 0. The topological polar surface area (TPSA) is 52.0 Å². The van der Waals surface area contributed by atoms with Crippen molar-refractivity contribution in [2.24, 2.45) is 0 Å². The Morgan fingerprint density at radius 3 is 2.81 bits per heavy atom. The summed E-state index contributed by atoms with van der Waals surface area (Å²) in [5.41, 5.74) is 8.64. The molecule has 3 heterocycles. The summed E-state index contributed by atoms with van der Waals surface area (Å²) in [4.78, 5) is 1.07. The van der Waals surface area contributed by atoms with Crippen LogP contribution < -0.4 is 5.73 Å². The molecule has 6 heteroatoms. The molecule has 0 spiro atoms. The highest BCUT2D eigenvalue weighted by atomic mass is 79.9. The van der Waals surface area contributed by atoms with Crippen LogP contribution in [-0.2, 0) is 0 Å². The average Bonchev–Trinajstić information content (AvgIpc) is 3.13. The summed E-state index contributed by atoms with van der Waals surface area (Å²) in [6.45, 7) is 0. The van der Waals surface area contributed by atoms with E-state index in [4.69, 9.17) is 10.3 Å². The van der Waals surface area contributed by atoms with Crippen LogP contribution in [0.15, 0.2) is 50.8 Å². The first-order valence-corrected chi connectivity index (χ1v) is 8.70. The van der Waals surface area contributed by atoms with Crippen LogP contribution in [0, 0.1) is 0 Å². The third kappa shape index (κ3) is 2.10. The summed E-state index contributed by atoms with van der Waals surface area (Å²) in [5.74, 6) is 0.341. The van der Waals surface area contributed by atoms with Crippen molar-refractivity contribution in [1.29, 1.82) is 0 Å². The predicted molar refractivity (Wildman–Crippen MR) is 92.7 cm³/mol. The zero-order valence-corrected chi connectivity index (χ0v) is 13.9. The predicted octanol–water partition coefficient (Wildman–Crippen LogP) is 5.63. The van der Waals surface area contributed by atoms with E-state index in [9.17, 15) is 0 Å². The Balaban J connectivity index is 1.95. The van der Waals surface area contributed by atoms with Gasteiger partial charge >= 0.3 is 0 Å². The number of nitrogens with two attached hydrogens (primary N) is 1. The molecule has 2 N–H and O–H groups in total. The number of halogens is 1. The number of benzene rings is 1. The highest BCUT2D eigenvalue weighted by Gasteiger charge is 2.20. The normalized spacial score (nSPS) is 11.3. The van der Waals surface area contributed by atoms with Crippen molar-refractivity contribution in [3.05, 3.63) is 46.3 Å². The third-order valence-corrected chi connectivity index (χ3v) is 6.03. The molecule has 0 radical (unpaired) electrons. The monoisotopic (exact) mass is 376 g/mol. The number of nitrogen functional groups attached to an aromatic ring is 1.